The summed E-state index contributed by atoms with van der Waals surface area (Å²) in [5.41, 5.74) is 24.8. The smallest absolute Gasteiger partial charge is 0.0907 e. The van der Waals surface area contributed by atoms with E-state index in [1.165, 1.54) is 44.5 Å². The summed E-state index contributed by atoms with van der Waals surface area (Å²) in [5, 5.41) is 0. The predicted molar refractivity (Wildman–Crippen MR) is 273 cm³/mol. The average Bonchev–Trinajstić information content (AvgIpc) is 4.04. The summed E-state index contributed by atoms with van der Waals surface area (Å²) in [6, 6.07) is 27.7. The zero-order valence-electron chi connectivity index (χ0n) is 40.9. The Morgan fingerprint density at radius 1 is 0.476 bits per heavy atom. The van der Waals surface area contributed by atoms with Crippen LogP contribution in [0.3, 0.4) is 0 Å². The number of fused-ring (bicyclic) bond motifs is 11. The van der Waals surface area contributed by atoms with Crippen molar-refractivity contribution < 1.29 is 0 Å². The van der Waals surface area contributed by atoms with Gasteiger partial charge in [-0.15, -0.1) is 0 Å². The molecule has 2 aliphatic rings. The molecule has 6 heterocycles. The van der Waals surface area contributed by atoms with Crippen molar-refractivity contribution in [1.29, 1.82) is 0 Å². The van der Waals surface area contributed by atoms with Gasteiger partial charge in [-0.3, -0.25) is 0 Å². The molecule has 5 nitrogen and oxygen atoms in total. The van der Waals surface area contributed by atoms with E-state index in [4.69, 9.17) is 9.97 Å². The van der Waals surface area contributed by atoms with Crippen LogP contribution < -0.4 is 0 Å². The summed E-state index contributed by atoms with van der Waals surface area (Å²) in [7, 11) is 0. The van der Waals surface area contributed by atoms with E-state index in [1.807, 2.05) is 0 Å². The first-order valence-corrected chi connectivity index (χ1v) is 23.1. The summed E-state index contributed by atoms with van der Waals surface area (Å²) in [6.45, 7) is 36.7. The van der Waals surface area contributed by atoms with Crippen LogP contribution in [-0.4, -0.2) is 24.9 Å². The molecule has 0 radical (unpaired) electrons. The van der Waals surface area contributed by atoms with Crippen LogP contribution in [0.4, 0.5) is 0 Å². The maximum Gasteiger partial charge on any atom is 0.0907 e. The van der Waals surface area contributed by atoms with Gasteiger partial charge >= 0.3 is 0 Å². The molecule has 3 N–H and O–H groups in total. The molecule has 63 heavy (non-hydrogen) atoms. The normalized spacial score (nSPS) is 13.7. The van der Waals surface area contributed by atoms with E-state index in [0.29, 0.717) is 0 Å². The van der Waals surface area contributed by atoms with Gasteiger partial charge in [0, 0.05) is 38.7 Å². The van der Waals surface area contributed by atoms with Crippen LogP contribution in [0.25, 0.3) is 78.7 Å². The highest BCUT2D eigenvalue weighted by atomic mass is 14.8. The molecule has 0 spiro atoms. The van der Waals surface area contributed by atoms with Crippen LogP contribution >= 0.6 is 0 Å². The van der Waals surface area contributed by atoms with Gasteiger partial charge < -0.3 is 15.0 Å². The zero-order chi connectivity index (χ0) is 45.6. The molecule has 0 fully saturated rings. The average molecular weight is 836 g/mol. The number of allylic oxidation sites excluding steroid dienone is 2. The Kier molecular flexibility index (Phi) is 10.8. The third-order valence-electron chi connectivity index (χ3n) is 13.3. The highest BCUT2D eigenvalue weighted by Gasteiger charge is 2.26. The monoisotopic (exact) mass is 836 g/mol. The van der Waals surface area contributed by atoms with Gasteiger partial charge in [-0.2, -0.15) is 0 Å². The highest BCUT2D eigenvalue weighted by molar-refractivity contribution is 5.99. The lowest BCUT2D eigenvalue weighted by Crippen LogP contribution is -2.16. The van der Waals surface area contributed by atoms with Crippen LogP contribution in [0.5, 0.6) is 0 Å². The van der Waals surface area contributed by atoms with E-state index in [0.717, 1.165) is 91.0 Å². The Labute approximate surface area is 376 Å². The molecule has 0 amide bonds. The van der Waals surface area contributed by atoms with E-state index in [2.05, 4.69) is 211 Å². The second-order valence-corrected chi connectivity index (χ2v) is 22.2. The summed E-state index contributed by atoms with van der Waals surface area (Å²) < 4.78 is 0. The first-order valence-electron chi connectivity index (χ1n) is 23.1. The van der Waals surface area contributed by atoms with Gasteiger partial charge in [0.2, 0.25) is 0 Å². The van der Waals surface area contributed by atoms with Crippen molar-refractivity contribution in [2.45, 2.75) is 145 Å². The molecule has 0 atom stereocenters. The molecule has 4 aromatic heterocycles. The Morgan fingerprint density at radius 3 is 1.33 bits per heavy atom. The number of nitrogens with one attached hydrogen (secondary N) is 3. The number of hydrogen-bond donors (Lipinski definition) is 3. The second kappa shape index (κ2) is 15.5. The Morgan fingerprint density at radius 2 is 0.921 bits per heavy atom. The molecular weight excluding hydrogens is 767 g/mol. The predicted octanol–water partition coefficient (Wildman–Crippen LogP) is 16.3. The maximum atomic E-state index is 5.69. The van der Waals surface area contributed by atoms with Crippen molar-refractivity contribution >= 4 is 56.4 Å². The molecule has 0 saturated heterocycles. The van der Waals surface area contributed by atoms with Crippen LogP contribution in [0.15, 0.2) is 72.8 Å². The molecule has 6 aromatic rings. The number of aromatic amines is 3. The van der Waals surface area contributed by atoms with E-state index in [9.17, 15) is 0 Å². The van der Waals surface area contributed by atoms with E-state index in [-0.39, 0.29) is 21.7 Å². The van der Waals surface area contributed by atoms with Gasteiger partial charge in [0.15, 0.2) is 0 Å². The standard InChI is InChI=1S/C58H69N5/c1-17-43-33(3)53-54-34(4)44(18-2)50(63-54)32-42-20-22-46(60-42)52(36-27-39(57(11,12)13)30-40(28-36)58(14,15)16)48-24-23-47(61-48)51(45-21-19-41(59-45)31-49(43)62-53)35-25-37(55(5,6)7)29-38(26-35)56(8,9)10/h19-32,59-60,62H,17-18H2,1-16H3. The lowest BCUT2D eigenvalue weighted by Gasteiger charge is -2.26. The molecule has 0 saturated carbocycles. The fourth-order valence-electron chi connectivity index (χ4n) is 9.27. The van der Waals surface area contributed by atoms with Crippen LogP contribution in [0.2, 0.25) is 0 Å². The van der Waals surface area contributed by atoms with Crippen LogP contribution in [0, 0.1) is 6.92 Å². The number of hydrogen-bond acceptors (Lipinski definition) is 2. The van der Waals surface area contributed by atoms with E-state index >= 15 is 0 Å². The lowest BCUT2D eigenvalue weighted by molar-refractivity contribution is 0.568. The minimum absolute atomic E-state index is 0.0522. The third-order valence-corrected chi connectivity index (χ3v) is 13.3. The minimum atomic E-state index is -0.0537. The highest BCUT2D eigenvalue weighted by Crippen LogP contribution is 2.42. The maximum absolute atomic E-state index is 5.69. The molecule has 2 aliphatic heterocycles. The van der Waals surface area contributed by atoms with Crippen molar-refractivity contribution in [2.24, 2.45) is 0 Å². The summed E-state index contributed by atoms with van der Waals surface area (Å²) in [4.78, 5) is 22.7. The molecule has 326 valence electrons. The zero-order valence-corrected chi connectivity index (χ0v) is 40.9. The Hall–Kier alpha value is -5.68. The number of aromatic nitrogens is 5. The SMILES string of the molecule is CCC1=C(C)c2nc1cc1ccc([nH]1)c(-c1cc(C(C)(C)C)cc(C(C)(C)C)c1)c1nc(c(-c3cc(C(C)(C)C)cc(C(C)(C)C)c3)c3ccc(cc4[nH]c2c(C)c4CC)[nH]3)C=C1. The van der Waals surface area contributed by atoms with Crippen molar-refractivity contribution in [3.05, 3.63) is 129 Å². The molecule has 0 unspecified atom stereocenters. The molecular formula is C58H69N5. The molecule has 5 heteroatoms. The number of nitrogens with zero attached hydrogens (tertiary/aromatic N) is 2. The molecule has 0 aliphatic carbocycles. The largest absolute Gasteiger partial charge is 0.355 e. The second-order valence-electron chi connectivity index (χ2n) is 22.2. The van der Waals surface area contributed by atoms with E-state index in [1.54, 1.807) is 0 Å². The summed E-state index contributed by atoms with van der Waals surface area (Å²) in [5.74, 6) is 0. The molecule has 2 aromatic carbocycles. The number of aryl methyl sites for hydroxylation is 2. The van der Waals surface area contributed by atoms with Crippen LogP contribution in [0.1, 0.15) is 166 Å². The van der Waals surface area contributed by atoms with Gasteiger partial charge in [0.25, 0.3) is 0 Å². The first kappa shape index (κ1) is 43.9. The summed E-state index contributed by atoms with van der Waals surface area (Å²) in [6.07, 6.45) is 6.25. The molecule has 10 bridgehead atoms. The van der Waals surface area contributed by atoms with Gasteiger partial charge in [-0.05, 0) is 153 Å². The Balaban J connectivity index is 1.58. The van der Waals surface area contributed by atoms with Crippen molar-refractivity contribution in [3.63, 3.8) is 0 Å². The third kappa shape index (κ3) is 8.32. The van der Waals surface area contributed by atoms with Crippen LogP contribution in [-0.2, 0) is 28.1 Å². The van der Waals surface area contributed by atoms with Gasteiger partial charge in [0.05, 0.1) is 28.3 Å². The number of benzene rings is 2. The summed E-state index contributed by atoms with van der Waals surface area (Å²) >= 11 is 0. The lowest BCUT2D eigenvalue weighted by atomic mass is 9.78. The first-order chi connectivity index (χ1) is 29.4. The number of H-pyrrole nitrogens is 3. The number of rotatable bonds is 4. The topological polar surface area (TPSA) is 73.2 Å². The fourth-order valence-corrected chi connectivity index (χ4v) is 9.27. The van der Waals surface area contributed by atoms with Crippen molar-refractivity contribution in [1.82, 2.24) is 24.9 Å². The van der Waals surface area contributed by atoms with Crippen molar-refractivity contribution in [2.75, 3.05) is 0 Å². The van der Waals surface area contributed by atoms with E-state index < -0.39 is 0 Å². The fraction of sp³-hybridized carbons (Fsp3) is 0.379. The van der Waals surface area contributed by atoms with Crippen molar-refractivity contribution in [3.8, 4) is 22.3 Å². The van der Waals surface area contributed by atoms with Gasteiger partial charge in [-0.1, -0.05) is 133 Å². The van der Waals surface area contributed by atoms with Gasteiger partial charge in [0.1, 0.15) is 0 Å². The quantitative estimate of drug-likeness (QED) is 0.165. The Bertz CT molecular complexity index is 3000. The molecule has 8 rings (SSSR count). The van der Waals surface area contributed by atoms with Gasteiger partial charge in [-0.25, -0.2) is 9.97 Å². The minimum Gasteiger partial charge on any atom is -0.355 e.